The predicted molar refractivity (Wildman–Crippen MR) is 84.8 cm³/mol. The molecule has 0 aliphatic carbocycles. The Labute approximate surface area is 132 Å². The summed E-state index contributed by atoms with van der Waals surface area (Å²) in [7, 11) is 0. The molecule has 0 aliphatic rings. The Hall–Kier alpha value is -2.04. The van der Waals surface area contributed by atoms with Gasteiger partial charge in [0, 0.05) is 6.54 Å². The predicted octanol–water partition coefficient (Wildman–Crippen LogP) is 2.47. The molecule has 0 aromatic heterocycles. The highest BCUT2D eigenvalue weighted by Crippen LogP contribution is 2.15. The molecule has 1 aromatic carbocycles. The lowest BCUT2D eigenvalue weighted by Crippen LogP contribution is -2.36. The molecule has 0 fully saturated rings. The van der Waals surface area contributed by atoms with Gasteiger partial charge in [0.1, 0.15) is 5.75 Å². The molecule has 0 heterocycles. The van der Waals surface area contributed by atoms with Crippen molar-refractivity contribution in [3.8, 4) is 5.75 Å². The highest BCUT2D eigenvalue weighted by Gasteiger charge is 2.17. The van der Waals surface area contributed by atoms with Crippen LogP contribution in [0.15, 0.2) is 24.3 Å². The largest absolute Gasteiger partial charge is 0.491 e. The van der Waals surface area contributed by atoms with E-state index in [9.17, 15) is 9.59 Å². The molecule has 22 heavy (non-hydrogen) atoms. The molecule has 1 unspecified atom stereocenters. The van der Waals surface area contributed by atoms with Crippen LogP contribution in [0.5, 0.6) is 5.75 Å². The molecule has 0 aliphatic heterocycles. The molecule has 5 heteroatoms. The van der Waals surface area contributed by atoms with E-state index in [2.05, 4.69) is 5.32 Å². The molecule has 1 rings (SSSR count). The fourth-order valence-electron chi connectivity index (χ4n) is 1.85. The van der Waals surface area contributed by atoms with Crippen molar-refractivity contribution in [2.24, 2.45) is 0 Å². The van der Waals surface area contributed by atoms with Crippen LogP contribution in [0, 0.1) is 0 Å². The SMILES string of the molecule is CCCNC(=O)C(C)OC(=O)Cc1cccc(OC(C)C)c1. The van der Waals surface area contributed by atoms with E-state index >= 15 is 0 Å². The monoisotopic (exact) mass is 307 g/mol. The summed E-state index contributed by atoms with van der Waals surface area (Å²) in [5.41, 5.74) is 0.796. The van der Waals surface area contributed by atoms with Gasteiger partial charge in [-0.05, 0) is 44.9 Å². The highest BCUT2D eigenvalue weighted by atomic mass is 16.5. The van der Waals surface area contributed by atoms with Crippen molar-refractivity contribution in [3.63, 3.8) is 0 Å². The van der Waals surface area contributed by atoms with E-state index < -0.39 is 12.1 Å². The number of ether oxygens (including phenoxy) is 2. The van der Waals surface area contributed by atoms with Crippen LogP contribution in [-0.4, -0.2) is 30.6 Å². The first-order valence-corrected chi connectivity index (χ1v) is 7.65. The topological polar surface area (TPSA) is 64.6 Å². The quantitative estimate of drug-likeness (QED) is 0.749. The Kier molecular flexibility index (Phi) is 7.43. The molecule has 0 saturated heterocycles. The minimum atomic E-state index is -0.783. The number of benzene rings is 1. The van der Waals surface area contributed by atoms with E-state index in [0.717, 1.165) is 12.0 Å². The number of carbonyl (C=O) groups excluding carboxylic acids is 2. The Balaban J connectivity index is 2.52. The summed E-state index contributed by atoms with van der Waals surface area (Å²) < 4.78 is 10.7. The lowest BCUT2D eigenvalue weighted by Gasteiger charge is -2.14. The minimum absolute atomic E-state index is 0.0736. The summed E-state index contributed by atoms with van der Waals surface area (Å²) in [5, 5.41) is 2.70. The zero-order valence-electron chi connectivity index (χ0n) is 13.7. The van der Waals surface area contributed by atoms with Gasteiger partial charge in [-0.1, -0.05) is 19.1 Å². The second kappa shape index (κ2) is 9.07. The van der Waals surface area contributed by atoms with Crippen molar-refractivity contribution in [1.82, 2.24) is 5.32 Å². The number of hydrogen-bond acceptors (Lipinski definition) is 4. The van der Waals surface area contributed by atoms with Crippen LogP contribution < -0.4 is 10.1 Å². The molecule has 1 amide bonds. The molecule has 5 nitrogen and oxygen atoms in total. The standard InChI is InChI=1S/C17H25NO4/c1-5-9-18-17(20)13(4)22-16(19)11-14-7-6-8-15(10-14)21-12(2)3/h6-8,10,12-13H,5,9,11H2,1-4H3,(H,18,20). The molecular weight excluding hydrogens is 282 g/mol. The average molecular weight is 307 g/mol. The third-order valence-corrected chi connectivity index (χ3v) is 2.85. The van der Waals surface area contributed by atoms with Gasteiger partial charge in [0.15, 0.2) is 6.10 Å². The summed E-state index contributed by atoms with van der Waals surface area (Å²) in [5.74, 6) is 0.0157. The third kappa shape index (κ3) is 6.61. The maximum Gasteiger partial charge on any atom is 0.311 e. The van der Waals surface area contributed by atoms with Crippen molar-refractivity contribution in [2.45, 2.75) is 52.7 Å². The first-order chi connectivity index (χ1) is 10.4. The maximum absolute atomic E-state index is 11.9. The van der Waals surface area contributed by atoms with Crippen molar-refractivity contribution >= 4 is 11.9 Å². The van der Waals surface area contributed by atoms with Gasteiger partial charge in [0.05, 0.1) is 12.5 Å². The van der Waals surface area contributed by atoms with E-state index in [1.165, 1.54) is 0 Å². The lowest BCUT2D eigenvalue weighted by molar-refractivity contribution is -0.154. The fourth-order valence-corrected chi connectivity index (χ4v) is 1.85. The van der Waals surface area contributed by atoms with Crippen LogP contribution in [0.1, 0.15) is 39.7 Å². The molecular formula is C17H25NO4. The number of esters is 1. The first-order valence-electron chi connectivity index (χ1n) is 7.65. The first kappa shape index (κ1) is 18.0. The van der Waals surface area contributed by atoms with Crippen LogP contribution >= 0.6 is 0 Å². The van der Waals surface area contributed by atoms with E-state index in [1.807, 2.05) is 45.0 Å². The van der Waals surface area contributed by atoms with Crippen LogP contribution in [-0.2, 0) is 20.7 Å². The molecule has 1 atom stereocenters. The van der Waals surface area contributed by atoms with Crippen molar-refractivity contribution < 1.29 is 19.1 Å². The maximum atomic E-state index is 11.9. The zero-order chi connectivity index (χ0) is 16.5. The van der Waals surface area contributed by atoms with Crippen molar-refractivity contribution in [1.29, 1.82) is 0 Å². The number of carbonyl (C=O) groups is 2. The molecule has 0 saturated carbocycles. The van der Waals surface area contributed by atoms with Gasteiger partial charge in [-0.3, -0.25) is 9.59 Å². The van der Waals surface area contributed by atoms with Gasteiger partial charge in [0.2, 0.25) is 0 Å². The summed E-state index contributed by atoms with van der Waals surface area (Å²) in [6.45, 7) is 7.99. The van der Waals surface area contributed by atoms with Gasteiger partial charge in [0.25, 0.3) is 5.91 Å². The number of nitrogens with one attached hydrogen (secondary N) is 1. The van der Waals surface area contributed by atoms with Crippen LogP contribution in [0.4, 0.5) is 0 Å². The minimum Gasteiger partial charge on any atom is -0.491 e. The van der Waals surface area contributed by atoms with Gasteiger partial charge in [-0.15, -0.1) is 0 Å². The number of rotatable bonds is 8. The summed E-state index contributed by atoms with van der Waals surface area (Å²) in [4.78, 5) is 23.5. The van der Waals surface area contributed by atoms with Gasteiger partial charge >= 0.3 is 5.97 Å². The smallest absolute Gasteiger partial charge is 0.311 e. The van der Waals surface area contributed by atoms with Gasteiger partial charge < -0.3 is 14.8 Å². The summed E-state index contributed by atoms with van der Waals surface area (Å²) in [6, 6.07) is 7.31. The van der Waals surface area contributed by atoms with Crippen LogP contribution in [0.25, 0.3) is 0 Å². The van der Waals surface area contributed by atoms with Gasteiger partial charge in [-0.25, -0.2) is 0 Å². The van der Waals surface area contributed by atoms with Crippen LogP contribution in [0.3, 0.4) is 0 Å². The van der Waals surface area contributed by atoms with E-state index in [4.69, 9.17) is 9.47 Å². The highest BCUT2D eigenvalue weighted by molar-refractivity contribution is 5.83. The molecule has 122 valence electrons. The Morgan fingerprint density at radius 1 is 1.23 bits per heavy atom. The second-order valence-corrected chi connectivity index (χ2v) is 5.41. The molecule has 0 bridgehead atoms. The van der Waals surface area contributed by atoms with Gasteiger partial charge in [-0.2, -0.15) is 0 Å². The second-order valence-electron chi connectivity index (χ2n) is 5.41. The van der Waals surface area contributed by atoms with E-state index in [-0.39, 0.29) is 18.4 Å². The Morgan fingerprint density at radius 2 is 1.95 bits per heavy atom. The summed E-state index contributed by atoms with van der Waals surface area (Å²) >= 11 is 0. The number of hydrogen-bond donors (Lipinski definition) is 1. The average Bonchev–Trinajstić information content (AvgIpc) is 2.44. The number of amides is 1. The van der Waals surface area contributed by atoms with Crippen LogP contribution in [0.2, 0.25) is 0 Å². The Morgan fingerprint density at radius 3 is 2.59 bits per heavy atom. The molecule has 1 N–H and O–H groups in total. The Bertz CT molecular complexity index is 499. The van der Waals surface area contributed by atoms with Crippen molar-refractivity contribution in [3.05, 3.63) is 29.8 Å². The van der Waals surface area contributed by atoms with Crippen molar-refractivity contribution in [2.75, 3.05) is 6.54 Å². The normalized spacial score (nSPS) is 11.9. The van der Waals surface area contributed by atoms with E-state index in [0.29, 0.717) is 12.3 Å². The van der Waals surface area contributed by atoms with E-state index in [1.54, 1.807) is 6.92 Å². The third-order valence-electron chi connectivity index (χ3n) is 2.85. The summed E-state index contributed by atoms with van der Waals surface area (Å²) in [6.07, 6.45) is 0.245. The molecule has 1 aromatic rings. The molecule has 0 radical (unpaired) electrons. The lowest BCUT2D eigenvalue weighted by atomic mass is 10.1. The molecule has 0 spiro atoms. The fraction of sp³-hybridized carbons (Fsp3) is 0.529. The zero-order valence-corrected chi connectivity index (χ0v) is 13.7.